The van der Waals surface area contributed by atoms with Crippen molar-refractivity contribution in [2.75, 3.05) is 0 Å². The summed E-state index contributed by atoms with van der Waals surface area (Å²) < 4.78 is 7.92. The fourth-order valence-corrected chi connectivity index (χ4v) is 3.96. The minimum atomic E-state index is -0.362. The molecule has 30 heavy (non-hydrogen) atoms. The van der Waals surface area contributed by atoms with Crippen LogP contribution in [0.15, 0.2) is 59.5 Å². The van der Waals surface area contributed by atoms with Crippen molar-refractivity contribution in [3.8, 4) is 23.3 Å². The van der Waals surface area contributed by atoms with Gasteiger partial charge >= 0.3 is 0 Å². The fraction of sp³-hybridized carbons (Fsp3) is 0.0870. The molecule has 1 aromatic heterocycles. The lowest BCUT2D eigenvalue weighted by Gasteiger charge is -2.11. The van der Waals surface area contributed by atoms with Crippen LogP contribution in [-0.4, -0.2) is 15.7 Å². The maximum absolute atomic E-state index is 11.8. The molecule has 148 valence electrons. The molecule has 0 aliphatic carbocycles. The van der Waals surface area contributed by atoms with Gasteiger partial charge in [0.15, 0.2) is 0 Å². The van der Waals surface area contributed by atoms with E-state index >= 15 is 0 Å². The molecule has 2 heterocycles. The smallest absolute Gasteiger partial charge is 0.290 e. The molecule has 0 bridgehead atoms. The second-order valence-electron chi connectivity index (χ2n) is 6.75. The number of nitriles is 1. The molecule has 1 saturated heterocycles. The van der Waals surface area contributed by atoms with Gasteiger partial charge in [0.25, 0.3) is 11.1 Å². The van der Waals surface area contributed by atoms with Crippen LogP contribution in [0.3, 0.4) is 0 Å². The third kappa shape index (κ3) is 3.86. The summed E-state index contributed by atoms with van der Waals surface area (Å²) in [7, 11) is 0. The fourth-order valence-electron chi connectivity index (χ4n) is 3.29. The van der Waals surface area contributed by atoms with Crippen molar-refractivity contribution in [2.24, 2.45) is 0 Å². The first kappa shape index (κ1) is 19.6. The van der Waals surface area contributed by atoms with Crippen LogP contribution in [0.1, 0.15) is 22.5 Å². The summed E-state index contributed by atoms with van der Waals surface area (Å²) in [6.07, 6.45) is 1.74. The highest BCUT2D eigenvalue weighted by Gasteiger charge is 2.25. The van der Waals surface area contributed by atoms with E-state index in [1.807, 2.05) is 44.2 Å². The first-order valence-electron chi connectivity index (χ1n) is 9.17. The molecule has 1 aliphatic rings. The highest BCUT2D eigenvalue weighted by molar-refractivity contribution is 8.18. The normalized spacial score (nSPS) is 14.6. The molecule has 0 spiro atoms. The van der Waals surface area contributed by atoms with Crippen LogP contribution in [0.2, 0.25) is 0 Å². The average Bonchev–Trinajstić information content (AvgIpc) is 3.20. The Kier molecular flexibility index (Phi) is 5.17. The molecular weight excluding hydrogens is 398 g/mol. The number of carbonyl (C=O) groups excluding carboxylic acids is 2. The van der Waals surface area contributed by atoms with Gasteiger partial charge < -0.3 is 9.30 Å². The monoisotopic (exact) mass is 415 g/mol. The van der Waals surface area contributed by atoms with Crippen LogP contribution in [0.4, 0.5) is 4.79 Å². The Balaban J connectivity index is 1.58. The number of carbonyl (C=O) groups is 2. The molecule has 7 heteroatoms. The standard InChI is InChI=1S/C23H17N3O3S/c1-14-11-17(12-21-22(27)25-23(28)30-21)15(2)26(14)18-5-9-20(10-6-18)29-19-7-3-16(13-24)4-8-19/h3-12H,1-2H3,(H,25,27,28)/b21-12-. The van der Waals surface area contributed by atoms with Crippen molar-refractivity contribution in [3.63, 3.8) is 0 Å². The predicted octanol–water partition coefficient (Wildman–Crippen LogP) is 5.08. The van der Waals surface area contributed by atoms with E-state index < -0.39 is 0 Å². The molecule has 1 aliphatic heterocycles. The summed E-state index contributed by atoms with van der Waals surface area (Å²) in [5, 5.41) is 10.8. The molecule has 0 atom stereocenters. The first-order chi connectivity index (χ1) is 14.4. The van der Waals surface area contributed by atoms with E-state index in [-0.39, 0.29) is 11.1 Å². The summed E-state index contributed by atoms with van der Waals surface area (Å²) in [6, 6.07) is 18.7. The maximum atomic E-state index is 11.8. The largest absolute Gasteiger partial charge is 0.457 e. The zero-order valence-electron chi connectivity index (χ0n) is 16.3. The highest BCUT2D eigenvalue weighted by atomic mass is 32.2. The minimum Gasteiger partial charge on any atom is -0.457 e. The number of nitrogens with one attached hydrogen (secondary N) is 1. The summed E-state index contributed by atoms with van der Waals surface area (Å²) >= 11 is 0.911. The number of aryl methyl sites for hydroxylation is 1. The lowest BCUT2D eigenvalue weighted by Crippen LogP contribution is -2.17. The zero-order chi connectivity index (χ0) is 21.3. The third-order valence-electron chi connectivity index (χ3n) is 4.71. The van der Waals surface area contributed by atoms with Crippen LogP contribution < -0.4 is 10.1 Å². The minimum absolute atomic E-state index is 0.349. The number of hydrogen-bond acceptors (Lipinski definition) is 5. The first-order valence-corrected chi connectivity index (χ1v) is 9.98. The molecule has 0 radical (unpaired) electrons. The Morgan fingerprint density at radius 3 is 2.23 bits per heavy atom. The molecule has 1 fully saturated rings. The predicted molar refractivity (Wildman–Crippen MR) is 116 cm³/mol. The van der Waals surface area contributed by atoms with Crippen LogP contribution in [0.25, 0.3) is 11.8 Å². The van der Waals surface area contributed by atoms with E-state index in [1.54, 1.807) is 30.3 Å². The van der Waals surface area contributed by atoms with Crippen molar-refractivity contribution >= 4 is 29.0 Å². The number of aromatic nitrogens is 1. The van der Waals surface area contributed by atoms with E-state index in [0.29, 0.717) is 22.0 Å². The van der Waals surface area contributed by atoms with Crippen molar-refractivity contribution < 1.29 is 14.3 Å². The number of amides is 2. The van der Waals surface area contributed by atoms with Gasteiger partial charge in [-0.3, -0.25) is 14.9 Å². The molecule has 1 N–H and O–H groups in total. The van der Waals surface area contributed by atoms with Gasteiger partial charge in [-0.15, -0.1) is 0 Å². The second-order valence-corrected chi connectivity index (χ2v) is 7.76. The van der Waals surface area contributed by atoms with Gasteiger partial charge in [-0.25, -0.2) is 0 Å². The molecular formula is C23H17N3O3S. The van der Waals surface area contributed by atoms with Crippen molar-refractivity contribution in [1.29, 1.82) is 5.26 Å². The van der Waals surface area contributed by atoms with E-state index in [9.17, 15) is 9.59 Å². The van der Waals surface area contributed by atoms with E-state index in [1.165, 1.54) is 0 Å². The van der Waals surface area contributed by atoms with E-state index in [2.05, 4.69) is 16.0 Å². The topological polar surface area (TPSA) is 84.1 Å². The molecule has 3 aromatic rings. The van der Waals surface area contributed by atoms with Gasteiger partial charge in [0.2, 0.25) is 0 Å². The van der Waals surface area contributed by atoms with Crippen LogP contribution >= 0.6 is 11.8 Å². The Labute approximate surface area is 177 Å². The number of thioether (sulfide) groups is 1. The lowest BCUT2D eigenvalue weighted by atomic mass is 10.2. The number of benzene rings is 2. The Morgan fingerprint density at radius 1 is 1.03 bits per heavy atom. The van der Waals surface area contributed by atoms with Crippen LogP contribution in [0.5, 0.6) is 11.5 Å². The summed E-state index contributed by atoms with van der Waals surface area (Å²) in [4.78, 5) is 23.6. The average molecular weight is 415 g/mol. The SMILES string of the molecule is Cc1cc(/C=C2\SC(=O)NC2=O)c(C)n1-c1ccc(Oc2ccc(C#N)cc2)cc1. The van der Waals surface area contributed by atoms with Crippen LogP contribution in [-0.2, 0) is 4.79 Å². The van der Waals surface area contributed by atoms with Gasteiger partial charge in [-0.2, -0.15) is 5.26 Å². The number of hydrogen-bond donors (Lipinski definition) is 1. The van der Waals surface area contributed by atoms with E-state index in [4.69, 9.17) is 10.00 Å². The molecule has 2 aromatic carbocycles. The van der Waals surface area contributed by atoms with Gasteiger partial charge in [0.05, 0.1) is 16.5 Å². The molecule has 6 nitrogen and oxygen atoms in total. The molecule has 0 saturated carbocycles. The summed E-state index contributed by atoms with van der Waals surface area (Å²) in [6.45, 7) is 3.96. The van der Waals surface area contributed by atoms with Gasteiger partial charge in [-0.1, -0.05) is 0 Å². The van der Waals surface area contributed by atoms with Crippen molar-refractivity contribution in [1.82, 2.24) is 9.88 Å². The number of ether oxygens (including phenoxy) is 1. The number of imide groups is 1. The van der Waals surface area contributed by atoms with E-state index in [0.717, 1.165) is 34.4 Å². The van der Waals surface area contributed by atoms with Gasteiger partial charge in [0, 0.05) is 17.1 Å². The molecule has 0 unspecified atom stereocenters. The molecule has 4 rings (SSSR count). The summed E-state index contributed by atoms with van der Waals surface area (Å²) in [5.74, 6) is 0.982. The third-order valence-corrected chi connectivity index (χ3v) is 5.52. The van der Waals surface area contributed by atoms with Crippen molar-refractivity contribution in [3.05, 3.63) is 82.0 Å². The Morgan fingerprint density at radius 2 is 1.67 bits per heavy atom. The maximum Gasteiger partial charge on any atom is 0.290 e. The number of nitrogens with zero attached hydrogens (tertiary/aromatic N) is 2. The second kappa shape index (κ2) is 7.93. The lowest BCUT2D eigenvalue weighted by molar-refractivity contribution is -0.115. The Hall–Kier alpha value is -3.76. The molecule has 2 amide bonds. The number of rotatable bonds is 4. The highest BCUT2D eigenvalue weighted by Crippen LogP contribution is 2.30. The van der Waals surface area contributed by atoms with Gasteiger partial charge in [0.1, 0.15) is 11.5 Å². The quantitative estimate of drug-likeness (QED) is 0.601. The summed E-state index contributed by atoms with van der Waals surface area (Å²) in [5.41, 5.74) is 4.41. The van der Waals surface area contributed by atoms with Crippen LogP contribution in [0, 0.1) is 25.2 Å². The zero-order valence-corrected chi connectivity index (χ0v) is 17.1. The Bertz CT molecular complexity index is 1220. The van der Waals surface area contributed by atoms with Crippen molar-refractivity contribution in [2.45, 2.75) is 13.8 Å². The van der Waals surface area contributed by atoms with Gasteiger partial charge in [-0.05, 0) is 91.8 Å².